The van der Waals surface area contributed by atoms with Crippen molar-refractivity contribution < 1.29 is 9.53 Å². The lowest BCUT2D eigenvalue weighted by Gasteiger charge is -2.28. The van der Waals surface area contributed by atoms with E-state index in [1.165, 1.54) is 4.90 Å². The maximum absolute atomic E-state index is 12.1. The second-order valence-electron chi connectivity index (χ2n) is 7.45. The molecule has 0 aromatic heterocycles. The maximum atomic E-state index is 12.1. The van der Waals surface area contributed by atoms with Gasteiger partial charge < -0.3 is 20.3 Å². The number of benzene rings is 2. The highest BCUT2D eigenvalue weighted by atomic mass is 32.2. The Kier molecular flexibility index (Phi) is 8.02. The van der Waals surface area contributed by atoms with Crippen molar-refractivity contribution in [3.05, 3.63) is 60.2 Å². The van der Waals surface area contributed by atoms with Crippen molar-refractivity contribution in [2.45, 2.75) is 29.5 Å². The van der Waals surface area contributed by atoms with Crippen LogP contribution in [0.25, 0.3) is 0 Å². The number of carbonyl (C=O) groups is 1. The zero-order chi connectivity index (χ0) is 21.3. The van der Waals surface area contributed by atoms with Crippen LogP contribution >= 0.6 is 11.8 Å². The number of likely N-dealkylation sites (N-methyl/N-ethyl adjacent to an activating group) is 1. The van der Waals surface area contributed by atoms with E-state index in [4.69, 9.17) is 4.74 Å². The molecule has 1 amide bonds. The van der Waals surface area contributed by atoms with Gasteiger partial charge in [0.1, 0.15) is 12.3 Å². The molecule has 30 heavy (non-hydrogen) atoms. The van der Waals surface area contributed by atoms with Gasteiger partial charge in [0.25, 0.3) is 0 Å². The van der Waals surface area contributed by atoms with Gasteiger partial charge >= 0.3 is 0 Å². The number of para-hydroxylation sites is 1. The molecule has 0 radical (unpaired) electrons. The van der Waals surface area contributed by atoms with E-state index in [0.29, 0.717) is 17.8 Å². The van der Waals surface area contributed by atoms with Crippen LogP contribution in [-0.4, -0.2) is 55.8 Å². The highest BCUT2D eigenvalue weighted by Gasteiger charge is 2.22. The van der Waals surface area contributed by atoms with Crippen molar-refractivity contribution in [2.75, 3.05) is 33.8 Å². The van der Waals surface area contributed by atoms with E-state index in [-0.39, 0.29) is 18.5 Å². The van der Waals surface area contributed by atoms with Crippen molar-refractivity contribution in [2.24, 2.45) is 4.99 Å². The summed E-state index contributed by atoms with van der Waals surface area (Å²) in [6.07, 6.45) is 0.841. The fourth-order valence-electron chi connectivity index (χ4n) is 3.11. The number of rotatable bonds is 7. The molecule has 2 unspecified atom stereocenters. The minimum atomic E-state index is -0.0322. The van der Waals surface area contributed by atoms with Crippen LogP contribution in [0, 0.1) is 0 Å². The lowest BCUT2D eigenvalue weighted by molar-refractivity contribution is -0.127. The summed E-state index contributed by atoms with van der Waals surface area (Å²) < 4.78 is 5.77. The highest BCUT2D eigenvalue weighted by molar-refractivity contribution is 8.00. The van der Waals surface area contributed by atoms with Crippen molar-refractivity contribution in [3.63, 3.8) is 0 Å². The highest BCUT2D eigenvalue weighted by Crippen LogP contribution is 2.31. The van der Waals surface area contributed by atoms with Crippen molar-refractivity contribution in [3.8, 4) is 5.75 Å². The van der Waals surface area contributed by atoms with E-state index < -0.39 is 0 Å². The molecule has 1 aliphatic rings. The molecule has 0 fully saturated rings. The molecule has 0 saturated carbocycles. The van der Waals surface area contributed by atoms with Crippen LogP contribution in [0.5, 0.6) is 5.75 Å². The predicted octanol–water partition coefficient (Wildman–Crippen LogP) is 3.31. The van der Waals surface area contributed by atoms with Crippen molar-refractivity contribution in [1.29, 1.82) is 0 Å². The first-order chi connectivity index (χ1) is 14.5. The third-order valence-corrected chi connectivity index (χ3v) is 5.89. The summed E-state index contributed by atoms with van der Waals surface area (Å²) in [5.74, 6) is 1.51. The van der Waals surface area contributed by atoms with Gasteiger partial charge in [-0.1, -0.05) is 43.3 Å². The Bertz CT molecular complexity index is 857. The second kappa shape index (κ2) is 10.9. The Morgan fingerprint density at radius 2 is 1.93 bits per heavy atom. The van der Waals surface area contributed by atoms with Crippen molar-refractivity contribution in [1.82, 2.24) is 15.5 Å². The van der Waals surface area contributed by atoms with Gasteiger partial charge in [0.2, 0.25) is 5.91 Å². The number of hydrogen-bond donors (Lipinski definition) is 2. The van der Waals surface area contributed by atoms with Gasteiger partial charge in [-0.3, -0.25) is 4.79 Å². The van der Waals surface area contributed by atoms with Gasteiger partial charge in [0.05, 0.1) is 12.6 Å². The molecule has 160 valence electrons. The van der Waals surface area contributed by atoms with Crippen LogP contribution in [0.4, 0.5) is 0 Å². The molecule has 7 heteroatoms. The van der Waals surface area contributed by atoms with E-state index in [2.05, 4.69) is 40.7 Å². The number of amides is 1. The van der Waals surface area contributed by atoms with E-state index in [1.807, 2.05) is 48.2 Å². The van der Waals surface area contributed by atoms with Gasteiger partial charge in [-0.15, -0.1) is 11.8 Å². The fraction of sp³-hybridized carbons (Fsp3) is 0.391. The molecule has 2 aromatic rings. The van der Waals surface area contributed by atoms with Crippen LogP contribution in [-0.2, 0) is 4.79 Å². The van der Waals surface area contributed by atoms with Crippen LogP contribution in [0.1, 0.15) is 24.9 Å². The lowest BCUT2D eigenvalue weighted by Crippen LogP contribution is -2.43. The molecule has 6 nitrogen and oxygen atoms in total. The Hall–Kier alpha value is -2.67. The van der Waals surface area contributed by atoms with Crippen molar-refractivity contribution >= 4 is 23.6 Å². The van der Waals surface area contributed by atoms with Gasteiger partial charge in [0.15, 0.2) is 5.96 Å². The van der Waals surface area contributed by atoms with Gasteiger partial charge in [-0.25, -0.2) is 4.99 Å². The Labute approximate surface area is 183 Å². The summed E-state index contributed by atoms with van der Waals surface area (Å²) >= 11 is 1.81. The molecule has 0 saturated heterocycles. The van der Waals surface area contributed by atoms with E-state index in [9.17, 15) is 4.79 Å². The van der Waals surface area contributed by atoms with Gasteiger partial charge in [0, 0.05) is 42.8 Å². The van der Waals surface area contributed by atoms with E-state index in [1.54, 1.807) is 19.0 Å². The number of thioether (sulfide) groups is 1. The summed E-state index contributed by atoms with van der Waals surface area (Å²) in [5, 5.41) is 7.26. The zero-order valence-electron chi connectivity index (χ0n) is 17.8. The Morgan fingerprint density at radius 1 is 1.20 bits per heavy atom. The summed E-state index contributed by atoms with van der Waals surface area (Å²) in [6.45, 7) is 3.66. The first-order valence-corrected chi connectivity index (χ1v) is 11.1. The zero-order valence-corrected chi connectivity index (χ0v) is 18.6. The Balaban J connectivity index is 1.66. The number of aliphatic imine (C=N–C) groups is 1. The third-order valence-electron chi connectivity index (χ3n) is 4.78. The quantitative estimate of drug-likeness (QED) is 0.404. The minimum Gasteiger partial charge on any atom is -0.493 e. The topological polar surface area (TPSA) is 66.0 Å². The number of nitrogens with one attached hydrogen (secondary N) is 2. The average molecular weight is 427 g/mol. The minimum absolute atomic E-state index is 0.0322. The number of guanidine groups is 1. The first kappa shape index (κ1) is 22.0. The number of hydrogen-bond acceptors (Lipinski definition) is 4. The molecule has 2 aromatic carbocycles. The lowest BCUT2D eigenvalue weighted by atomic mass is 10.0. The maximum Gasteiger partial charge on any atom is 0.243 e. The van der Waals surface area contributed by atoms with Gasteiger partial charge in [-0.05, 0) is 18.2 Å². The van der Waals surface area contributed by atoms with E-state index >= 15 is 0 Å². The van der Waals surface area contributed by atoms with Gasteiger partial charge in [-0.2, -0.15) is 0 Å². The number of nitrogens with zero attached hydrogens (tertiary/aromatic N) is 2. The number of fused-ring (bicyclic) bond motifs is 1. The standard InChI is InChI=1S/C23H30N4O2S/c1-17(30-18-9-5-4-6-10-18)15-24-23(25-16-22(28)27(2)3)26-20-13-14-29-21-12-8-7-11-19(20)21/h4-12,17,20H,13-16H2,1-3H3,(H2,24,25,26). The second-order valence-corrected chi connectivity index (χ2v) is 8.96. The fourth-order valence-corrected chi connectivity index (χ4v) is 4.06. The monoisotopic (exact) mass is 426 g/mol. The summed E-state index contributed by atoms with van der Waals surface area (Å²) in [7, 11) is 3.48. The van der Waals surface area contributed by atoms with E-state index in [0.717, 1.165) is 24.3 Å². The van der Waals surface area contributed by atoms with Crippen LogP contribution in [0.15, 0.2) is 64.5 Å². The largest absolute Gasteiger partial charge is 0.493 e. The summed E-state index contributed by atoms with van der Waals surface area (Å²) in [6, 6.07) is 18.5. The van der Waals surface area contributed by atoms with Crippen LogP contribution in [0.3, 0.4) is 0 Å². The molecule has 3 rings (SSSR count). The average Bonchev–Trinajstić information content (AvgIpc) is 2.76. The molecule has 2 N–H and O–H groups in total. The molecule has 1 heterocycles. The molecule has 0 aliphatic carbocycles. The third kappa shape index (κ3) is 6.42. The normalized spacial score (nSPS) is 16.8. The summed E-state index contributed by atoms with van der Waals surface area (Å²) in [5.41, 5.74) is 1.11. The number of ether oxygens (including phenoxy) is 1. The molecule has 1 aliphatic heterocycles. The Morgan fingerprint density at radius 3 is 2.70 bits per heavy atom. The molecule has 2 atom stereocenters. The van der Waals surface area contributed by atoms with Crippen LogP contribution in [0.2, 0.25) is 0 Å². The molecular weight excluding hydrogens is 396 g/mol. The molecular formula is C23H30N4O2S. The summed E-state index contributed by atoms with van der Waals surface area (Å²) in [4.78, 5) is 19.4. The smallest absolute Gasteiger partial charge is 0.243 e. The molecule has 0 bridgehead atoms. The SMILES string of the molecule is CC(CNC(=NCC(=O)N(C)C)NC1CCOc2ccccc21)Sc1ccccc1. The number of carbonyl (C=O) groups excluding carboxylic acids is 1. The first-order valence-electron chi connectivity index (χ1n) is 10.2. The molecule has 0 spiro atoms. The predicted molar refractivity (Wildman–Crippen MR) is 123 cm³/mol. The van der Waals surface area contributed by atoms with Crippen LogP contribution < -0.4 is 15.4 Å².